The van der Waals surface area contributed by atoms with Gasteiger partial charge in [-0.25, -0.2) is 8.42 Å². The van der Waals surface area contributed by atoms with E-state index in [-0.39, 0.29) is 10.3 Å². The number of nitrogens with zero attached hydrogens (tertiary/aromatic N) is 1. The quantitative estimate of drug-likeness (QED) is 0.859. The molecule has 18 heavy (non-hydrogen) atoms. The largest absolute Gasteiger partial charge is 0.480 e. The molecular weight excluding hydrogens is 366 g/mol. The molecule has 9 heteroatoms. The molecule has 5 nitrogen and oxygen atoms in total. The number of aliphatic carboxylic acids is 1. The van der Waals surface area contributed by atoms with Crippen LogP contribution in [-0.2, 0) is 14.8 Å². The van der Waals surface area contributed by atoms with Crippen molar-refractivity contribution in [2.45, 2.75) is 23.1 Å². The van der Waals surface area contributed by atoms with Crippen molar-refractivity contribution in [2.75, 3.05) is 6.54 Å². The highest BCUT2D eigenvalue weighted by molar-refractivity contribution is 9.11. The maximum absolute atomic E-state index is 12.3. The summed E-state index contributed by atoms with van der Waals surface area (Å²) in [6, 6.07) is 1.13. The summed E-state index contributed by atoms with van der Waals surface area (Å²) >= 11 is 9.94. The molecule has 0 atom stereocenters. The molecule has 1 aliphatic carbocycles. The zero-order chi connectivity index (χ0) is 13.5. The molecule has 1 fully saturated rings. The van der Waals surface area contributed by atoms with Crippen molar-refractivity contribution in [1.82, 2.24) is 4.31 Å². The Morgan fingerprint density at radius 3 is 2.61 bits per heavy atom. The summed E-state index contributed by atoms with van der Waals surface area (Å²) in [7, 11) is -3.78. The third-order valence-corrected chi connectivity index (χ3v) is 7.25. The third kappa shape index (κ3) is 2.88. The van der Waals surface area contributed by atoms with Crippen LogP contribution in [0.4, 0.5) is 0 Å². The van der Waals surface area contributed by atoms with E-state index in [1.165, 1.54) is 6.07 Å². The number of hydrogen-bond donors (Lipinski definition) is 1. The van der Waals surface area contributed by atoms with Gasteiger partial charge in [0.25, 0.3) is 10.0 Å². The summed E-state index contributed by atoms with van der Waals surface area (Å²) in [5.41, 5.74) is 0. The first-order chi connectivity index (χ1) is 8.32. The standard InChI is InChI=1S/C9H9BrClNO4S2/c10-9-6(11)3-8(17-9)18(15,16)12(4-7(13)14)5-1-2-5/h3,5H,1-2,4H2,(H,13,14). The fourth-order valence-electron chi connectivity index (χ4n) is 1.48. The van der Waals surface area contributed by atoms with Crippen LogP contribution in [0.2, 0.25) is 5.02 Å². The number of halogens is 2. The molecule has 1 heterocycles. The van der Waals surface area contributed by atoms with Gasteiger partial charge in [0.05, 0.1) is 8.81 Å². The second kappa shape index (κ2) is 5.09. The second-order valence-electron chi connectivity index (χ2n) is 3.86. The molecule has 0 amide bonds. The van der Waals surface area contributed by atoms with Crippen LogP contribution in [-0.4, -0.2) is 36.4 Å². The minimum Gasteiger partial charge on any atom is -0.480 e. The van der Waals surface area contributed by atoms with Crippen LogP contribution in [0, 0.1) is 0 Å². The molecule has 0 bridgehead atoms. The molecule has 1 aliphatic rings. The molecule has 1 aromatic heterocycles. The molecule has 0 radical (unpaired) electrons. The maximum Gasteiger partial charge on any atom is 0.318 e. The average molecular weight is 375 g/mol. The lowest BCUT2D eigenvalue weighted by Gasteiger charge is -2.18. The Morgan fingerprint density at radius 1 is 1.61 bits per heavy atom. The number of carboxylic acid groups (broad SMARTS) is 1. The Morgan fingerprint density at radius 2 is 2.22 bits per heavy atom. The van der Waals surface area contributed by atoms with E-state index in [4.69, 9.17) is 16.7 Å². The molecule has 2 rings (SSSR count). The number of thiophene rings is 1. The minimum absolute atomic E-state index is 0.0625. The van der Waals surface area contributed by atoms with E-state index >= 15 is 0 Å². The van der Waals surface area contributed by atoms with Gasteiger partial charge >= 0.3 is 5.97 Å². The Kier molecular flexibility index (Phi) is 4.03. The van der Waals surface area contributed by atoms with Crippen LogP contribution < -0.4 is 0 Å². The van der Waals surface area contributed by atoms with Crippen molar-refractivity contribution >= 4 is 54.9 Å². The number of carbonyl (C=O) groups is 1. The van der Waals surface area contributed by atoms with Crippen molar-refractivity contribution in [1.29, 1.82) is 0 Å². The van der Waals surface area contributed by atoms with Gasteiger partial charge in [0, 0.05) is 6.04 Å². The SMILES string of the molecule is O=C(O)CN(C1CC1)S(=O)(=O)c1cc(Cl)c(Br)s1. The molecule has 0 spiro atoms. The van der Waals surface area contributed by atoms with E-state index in [1.54, 1.807) is 0 Å². The summed E-state index contributed by atoms with van der Waals surface area (Å²) in [6.45, 7) is -0.514. The highest BCUT2D eigenvalue weighted by atomic mass is 79.9. The van der Waals surface area contributed by atoms with Gasteiger partial charge in [0.1, 0.15) is 10.8 Å². The summed E-state index contributed by atoms with van der Waals surface area (Å²) in [5, 5.41) is 9.10. The first kappa shape index (κ1) is 14.3. The summed E-state index contributed by atoms with van der Waals surface area (Å²) in [5.74, 6) is -1.16. The third-order valence-electron chi connectivity index (χ3n) is 2.43. The molecular formula is C9H9BrClNO4S2. The summed E-state index contributed by atoms with van der Waals surface area (Å²) in [4.78, 5) is 10.8. The maximum atomic E-state index is 12.3. The highest BCUT2D eigenvalue weighted by Crippen LogP contribution is 2.38. The zero-order valence-corrected chi connectivity index (χ0v) is 12.9. The average Bonchev–Trinajstić information content (AvgIpc) is 3.02. The van der Waals surface area contributed by atoms with Crippen LogP contribution in [0.1, 0.15) is 12.8 Å². The van der Waals surface area contributed by atoms with Gasteiger partial charge in [0.15, 0.2) is 0 Å². The molecule has 100 valence electrons. The topological polar surface area (TPSA) is 74.7 Å². The fourth-order valence-corrected chi connectivity index (χ4v) is 5.64. The predicted molar refractivity (Wildman–Crippen MR) is 71.6 cm³/mol. The smallest absolute Gasteiger partial charge is 0.318 e. The van der Waals surface area contributed by atoms with E-state index in [1.807, 2.05) is 0 Å². The van der Waals surface area contributed by atoms with Gasteiger partial charge < -0.3 is 5.11 Å². The summed E-state index contributed by atoms with van der Waals surface area (Å²) < 4.78 is 26.2. The first-order valence-electron chi connectivity index (χ1n) is 5.01. The summed E-state index contributed by atoms with van der Waals surface area (Å²) in [6.07, 6.45) is 1.40. The van der Waals surface area contributed by atoms with E-state index in [0.29, 0.717) is 21.7 Å². The minimum atomic E-state index is -3.78. The van der Waals surface area contributed by atoms with Crippen LogP contribution in [0.5, 0.6) is 0 Å². The first-order valence-corrected chi connectivity index (χ1v) is 8.43. The molecule has 0 aliphatic heterocycles. The Labute approximate surface area is 122 Å². The van der Waals surface area contributed by atoms with Crippen LogP contribution in [0.3, 0.4) is 0 Å². The second-order valence-corrected chi connectivity index (χ2v) is 8.76. The highest BCUT2D eigenvalue weighted by Gasteiger charge is 2.40. The lowest BCUT2D eigenvalue weighted by atomic mass is 10.6. The fraction of sp³-hybridized carbons (Fsp3) is 0.444. The van der Waals surface area contributed by atoms with Crippen LogP contribution in [0.25, 0.3) is 0 Å². The monoisotopic (exact) mass is 373 g/mol. The van der Waals surface area contributed by atoms with Gasteiger partial charge in [-0.2, -0.15) is 4.31 Å². The Hall–Kier alpha value is -0.150. The van der Waals surface area contributed by atoms with E-state index in [0.717, 1.165) is 15.6 Å². The van der Waals surface area contributed by atoms with Crippen LogP contribution in [0.15, 0.2) is 14.1 Å². The van der Waals surface area contributed by atoms with Gasteiger partial charge in [-0.1, -0.05) is 11.6 Å². The number of sulfonamides is 1. The van der Waals surface area contributed by atoms with E-state index in [2.05, 4.69) is 15.9 Å². The number of rotatable bonds is 5. The van der Waals surface area contributed by atoms with Gasteiger partial charge in [-0.05, 0) is 34.8 Å². The Bertz CT molecular complexity index is 562. The normalized spacial score (nSPS) is 16.2. The van der Waals surface area contributed by atoms with Crippen molar-refractivity contribution in [3.8, 4) is 0 Å². The lowest BCUT2D eigenvalue weighted by Crippen LogP contribution is -2.37. The van der Waals surface area contributed by atoms with E-state index in [9.17, 15) is 13.2 Å². The van der Waals surface area contributed by atoms with Crippen molar-refractivity contribution in [2.24, 2.45) is 0 Å². The van der Waals surface area contributed by atoms with Crippen molar-refractivity contribution < 1.29 is 18.3 Å². The molecule has 0 unspecified atom stereocenters. The zero-order valence-electron chi connectivity index (χ0n) is 8.97. The Balaban J connectivity index is 2.35. The van der Waals surface area contributed by atoms with Crippen molar-refractivity contribution in [3.63, 3.8) is 0 Å². The van der Waals surface area contributed by atoms with Gasteiger partial charge in [-0.15, -0.1) is 11.3 Å². The molecule has 1 saturated carbocycles. The number of carboxylic acids is 1. The van der Waals surface area contributed by atoms with Crippen LogP contribution >= 0.6 is 38.9 Å². The molecule has 0 aromatic carbocycles. The molecule has 0 saturated heterocycles. The van der Waals surface area contributed by atoms with Gasteiger partial charge in [-0.3, -0.25) is 4.79 Å². The predicted octanol–water partition coefficient (Wildman–Crippen LogP) is 2.40. The lowest BCUT2D eigenvalue weighted by molar-refractivity contribution is -0.137. The molecule has 1 aromatic rings. The molecule has 1 N–H and O–H groups in total. The number of hydrogen-bond acceptors (Lipinski definition) is 4. The van der Waals surface area contributed by atoms with Gasteiger partial charge in [0.2, 0.25) is 0 Å². The van der Waals surface area contributed by atoms with Crippen molar-refractivity contribution in [3.05, 3.63) is 14.9 Å². The van der Waals surface area contributed by atoms with E-state index < -0.39 is 22.5 Å².